The molecule has 0 aliphatic heterocycles. The summed E-state index contributed by atoms with van der Waals surface area (Å²) in [5.41, 5.74) is 2.18. The predicted molar refractivity (Wildman–Crippen MR) is 95.3 cm³/mol. The van der Waals surface area contributed by atoms with Gasteiger partial charge in [-0.25, -0.2) is 8.91 Å². The summed E-state index contributed by atoms with van der Waals surface area (Å²) in [6.45, 7) is 7.11. The second-order valence-corrected chi connectivity index (χ2v) is 6.88. The van der Waals surface area contributed by atoms with Gasteiger partial charge in [-0.15, -0.1) is 5.10 Å². The smallest absolute Gasteiger partial charge is 0.243 e. The quantitative estimate of drug-likeness (QED) is 0.717. The van der Waals surface area contributed by atoms with Gasteiger partial charge >= 0.3 is 0 Å². The molecule has 3 rings (SSSR count). The average Bonchev–Trinajstić information content (AvgIpc) is 2.86. The van der Waals surface area contributed by atoms with Crippen molar-refractivity contribution in [3.63, 3.8) is 0 Å². The number of alkyl halides is 1. The van der Waals surface area contributed by atoms with E-state index in [0.717, 1.165) is 16.6 Å². The summed E-state index contributed by atoms with van der Waals surface area (Å²) < 4.78 is 15.9. The van der Waals surface area contributed by atoms with Crippen LogP contribution in [0, 0.1) is 6.92 Å². The molecule has 0 aliphatic carbocycles. The summed E-state index contributed by atoms with van der Waals surface area (Å²) in [5, 5.41) is 7.69. The Balaban J connectivity index is 1.94. The molecule has 126 valence electrons. The number of nitrogens with zero attached hydrogens (tertiary/aromatic N) is 3. The van der Waals surface area contributed by atoms with Crippen LogP contribution in [-0.4, -0.2) is 14.6 Å². The third-order valence-electron chi connectivity index (χ3n) is 4.00. The number of benzene rings is 1. The van der Waals surface area contributed by atoms with Crippen LogP contribution in [0.15, 0.2) is 36.5 Å². The van der Waals surface area contributed by atoms with E-state index >= 15 is 0 Å². The van der Waals surface area contributed by atoms with Gasteiger partial charge in [-0.05, 0) is 62.1 Å². The van der Waals surface area contributed by atoms with Gasteiger partial charge in [0.15, 0.2) is 5.82 Å². The van der Waals surface area contributed by atoms with Gasteiger partial charge in [0, 0.05) is 6.20 Å². The van der Waals surface area contributed by atoms with Gasteiger partial charge in [-0.3, -0.25) is 0 Å². The Bertz CT molecular complexity index is 882. The minimum atomic E-state index is -1.38. The molecule has 24 heavy (non-hydrogen) atoms. The molecule has 4 nitrogen and oxygen atoms in total. The van der Waals surface area contributed by atoms with Crippen molar-refractivity contribution < 1.29 is 4.39 Å². The zero-order valence-corrected chi connectivity index (χ0v) is 14.9. The van der Waals surface area contributed by atoms with Crippen molar-refractivity contribution in [1.29, 1.82) is 0 Å². The van der Waals surface area contributed by atoms with Crippen LogP contribution in [0.4, 0.5) is 10.2 Å². The van der Waals surface area contributed by atoms with Crippen molar-refractivity contribution >= 4 is 22.9 Å². The van der Waals surface area contributed by atoms with Crippen LogP contribution in [0.1, 0.15) is 43.5 Å². The maximum Gasteiger partial charge on any atom is 0.243 e. The first kappa shape index (κ1) is 16.7. The highest BCUT2D eigenvalue weighted by molar-refractivity contribution is 6.28. The summed E-state index contributed by atoms with van der Waals surface area (Å²) in [4.78, 5) is 4.30. The molecule has 0 fully saturated rings. The fourth-order valence-corrected chi connectivity index (χ4v) is 2.84. The summed E-state index contributed by atoms with van der Waals surface area (Å²) in [6.07, 6.45) is 1.89. The number of anilines is 1. The zero-order chi connectivity index (χ0) is 17.5. The highest BCUT2D eigenvalue weighted by Crippen LogP contribution is 2.29. The topological polar surface area (TPSA) is 42.2 Å². The summed E-state index contributed by atoms with van der Waals surface area (Å²) in [7, 11) is 0. The van der Waals surface area contributed by atoms with Gasteiger partial charge < -0.3 is 5.32 Å². The predicted octanol–water partition coefficient (Wildman–Crippen LogP) is 5.07. The highest BCUT2D eigenvalue weighted by Gasteiger charge is 2.20. The molecule has 3 aromatic rings. The first-order valence-corrected chi connectivity index (χ1v) is 8.20. The Kier molecular flexibility index (Phi) is 4.22. The number of rotatable bonds is 4. The molecule has 0 saturated carbocycles. The first-order chi connectivity index (χ1) is 11.2. The van der Waals surface area contributed by atoms with Crippen molar-refractivity contribution in [3.05, 3.63) is 58.5 Å². The molecular weight excluding hydrogens is 327 g/mol. The monoisotopic (exact) mass is 346 g/mol. The van der Waals surface area contributed by atoms with Crippen molar-refractivity contribution in [2.24, 2.45) is 0 Å². The van der Waals surface area contributed by atoms with E-state index in [0.29, 0.717) is 11.4 Å². The molecule has 2 heterocycles. The average molecular weight is 347 g/mol. The van der Waals surface area contributed by atoms with E-state index in [9.17, 15) is 4.39 Å². The van der Waals surface area contributed by atoms with E-state index < -0.39 is 5.67 Å². The largest absolute Gasteiger partial charge is 0.362 e. The zero-order valence-electron chi connectivity index (χ0n) is 14.1. The molecule has 2 aromatic heterocycles. The van der Waals surface area contributed by atoms with E-state index in [4.69, 9.17) is 11.6 Å². The number of hydrogen-bond donors (Lipinski definition) is 1. The third-order valence-corrected chi connectivity index (χ3v) is 4.16. The number of hydrogen-bond acceptors (Lipinski definition) is 3. The minimum Gasteiger partial charge on any atom is -0.362 e. The van der Waals surface area contributed by atoms with Crippen LogP contribution in [0.3, 0.4) is 0 Å². The molecule has 1 aromatic carbocycles. The van der Waals surface area contributed by atoms with Crippen molar-refractivity contribution in [2.45, 2.75) is 39.4 Å². The fraction of sp³-hybridized carbons (Fsp3) is 0.333. The van der Waals surface area contributed by atoms with Gasteiger partial charge in [0.05, 0.1) is 6.04 Å². The molecule has 1 N–H and O–H groups in total. The molecule has 0 saturated heterocycles. The van der Waals surface area contributed by atoms with E-state index in [1.807, 2.05) is 44.3 Å². The summed E-state index contributed by atoms with van der Waals surface area (Å²) >= 11 is 6.01. The van der Waals surface area contributed by atoms with Gasteiger partial charge in [0.25, 0.3) is 0 Å². The van der Waals surface area contributed by atoms with Crippen LogP contribution in [0.25, 0.3) is 5.52 Å². The molecular formula is C18H20ClFN4. The Hall–Kier alpha value is -2.14. The lowest BCUT2D eigenvalue weighted by Crippen LogP contribution is -2.13. The lowest BCUT2D eigenvalue weighted by molar-refractivity contribution is 0.221. The van der Waals surface area contributed by atoms with Crippen molar-refractivity contribution in [3.8, 4) is 0 Å². The van der Waals surface area contributed by atoms with Gasteiger partial charge in [-0.2, -0.15) is 4.98 Å². The van der Waals surface area contributed by atoms with Gasteiger partial charge in [0.2, 0.25) is 5.28 Å². The molecule has 0 bridgehead atoms. The molecule has 1 atom stereocenters. The third kappa shape index (κ3) is 3.36. The lowest BCUT2D eigenvalue weighted by atomic mass is 9.96. The number of nitrogens with one attached hydrogen (secondary N) is 1. The van der Waals surface area contributed by atoms with Gasteiger partial charge in [-0.1, -0.05) is 24.3 Å². The number of fused-ring (bicyclic) bond motifs is 1. The van der Waals surface area contributed by atoms with Crippen molar-refractivity contribution in [2.75, 3.05) is 5.32 Å². The minimum absolute atomic E-state index is 0.0581. The van der Waals surface area contributed by atoms with Crippen LogP contribution < -0.4 is 5.32 Å². The van der Waals surface area contributed by atoms with Crippen molar-refractivity contribution in [1.82, 2.24) is 14.6 Å². The molecule has 0 aliphatic rings. The number of halogens is 2. The first-order valence-electron chi connectivity index (χ1n) is 7.82. The van der Waals surface area contributed by atoms with Crippen LogP contribution >= 0.6 is 11.6 Å². The second-order valence-electron chi connectivity index (χ2n) is 6.54. The Morgan fingerprint density at radius 3 is 2.75 bits per heavy atom. The highest BCUT2D eigenvalue weighted by atomic mass is 35.5. The fourth-order valence-electron chi connectivity index (χ4n) is 2.67. The summed E-state index contributed by atoms with van der Waals surface area (Å²) in [6, 6.07) is 9.45. The van der Waals surface area contributed by atoms with E-state index in [1.165, 1.54) is 0 Å². The SMILES string of the molecule is Cc1cc2c(N[C@H](C)c3cccc(C(C)(C)F)c3)nc(Cl)nn2c1. The second kappa shape index (κ2) is 6.06. The van der Waals surface area contributed by atoms with E-state index in [1.54, 1.807) is 24.4 Å². The number of aromatic nitrogens is 3. The molecule has 0 spiro atoms. The van der Waals surface area contributed by atoms with Crippen LogP contribution in [0.2, 0.25) is 5.28 Å². The molecule has 0 radical (unpaired) electrons. The Morgan fingerprint density at radius 1 is 1.29 bits per heavy atom. The molecule has 0 unspecified atom stereocenters. The maximum absolute atomic E-state index is 14.2. The van der Waals surface area contributed by atoms with E-state index in [-0.39, 0.29) is 11.3 Å². The molecule has 0 amide bonds. The van der Waals surface area contributed by atoms with Crippen LogP contribution in [-0.2, 0) is 5.67 Å². The Morgan fingerprint density at radius 2 is 2.04 bits per heavy atom. The maximum atomic E-state index is 14.2. The van der Waals surface area contributed by atoms with Gasteiger partial charge in [0.1, 0.15) is 11.2 Å². The van der Waals surface area contributed by atoms with E-state index in [2.05, 4.69) is 15.4 Å². The van der Waals surface area contributed by atoms with Crippen LogP contribution in [0.5, 0.6) is 0 Å². The normalized spacial score (nSPS) is 13.2. The number of aryl methyl sites for hydroxylation is 1. The standard InChI is InChI=1S/C18H20ClFN4/c1-11-8-15-16(22-17(19)23-24(15)10-11)21-12(2)13-6-5-7-14(9-13)18(3,4)20/h5-10,12H,1-4H3,(H,21,22,23)/t12-/m1/s1. The lowest BCUT2D eigenvalue weighted by Gasteiger charge is -2.20. The summed E-state index contributed by atoms with van der Waals surface area (Å²) in [5.74, 6) is 0.653. The molecule has 6 heteroatoms. The Labute approximate surface area is 145 Å².